The molecule has 3 aromatic heterocycles. The van der Waals surface area contributed by atoms with Crippen LogP contribution in [0, 0.1) is 11.3 Å². The summed E-state index contributed by atoms with van der Waals surface area (Å²) in [4.78, 5) is 0. The van der Waals surface area contributed by atoms with Crippen molar-refractivity contribution in [1.29, 1.82) is 5.26 Å². The predicted octanol–water partition coefficient (Wildman–Crippen LogP) is 4.08. The third-order valence-electron chi connectivity index (χ3n) is 3.91. The van der Waals surface area contributed by atoms with Crippen LogP contribution in [0.3, 0.4) is 0 Å². The maximum absolute atomic E-state index is 9.29. The third kappa shape index (κ3) is 1.60. The lowest BCUT2D eigenvalue weighted by Gasteiger charge is -2.01. The minimum absolute atomic E-state index is 0.714. The van der Waals surface area contributed by atoms with Crippen LogP contribution in [0.15, 0.2) is 54.6 Å². The van der Waals surface area contributed by atoms with E-state index in [1.165, 1.54) is 0 Å². The average molecular weight is 272 g/mol. The van der Waals surface area contributed by atoms with E-state index in [1.807, 2.05) is 42.5 Å². The van der Waals surface area contributed by atoms with E-state index < -0.39 is 0 Å². The van der Waals surface area contributed by atoms with Gasteiger partial charge in [0.15, 0.2) is 0 Å². The summed E-state index contributed by atoms with van der Waals surface area (Å²) in [6.45, 7) is 0. The molecule has 4 aromatic rings. The van der Waals surface area contributed by atoms with Crippen LogP contribution < -0.4 is 4.74 Å². The minimum atomic E-state index is 0.714. The first kappa shape index (κ1) is 11.8. The number of pyridine rings is 1. The van der Waals surface area contributed by atoms with Crippen LogP contribution in [0.25, 0.3) is 27.7 Å². The molecular formula is C18H12N2O. The normalized spacial score (nSPS) is 11.0. The fourth-order valence-corrected chi connectivity index (χ4v) is 2.90. The topological polar surface area (TPSA) is 37.4 Å². The number of hydrogen-bond acceptors (Lipinski definition) is 2. The molecule has 0 spiro atoms. The van der Waals surface area contributed by atoms with Crippen molar-refractivity contribution < 1.29 is 4.74 Å². The van der Waals surface area contributed by atoms with Gasteiger partial charge in [0, 0.05) is 11.1 Å². The van der Waals surface area contributed by atoms with Gasteiger partial charge in [-0.2, -0.15) is 5.26 Å². The second-order valence-electron chi connectivity index (χ2n) is 5.01. The Hall–Kier alpha value is -2.99. The summed E-state index contributed by atoms with van der Waals surface area (Å²) >= 11 is 0. The van der Waals surface area contributed by atoms with Crippen LogP contribution in [0.5, 0.6) is 5.75 Å². The second-order valence-corrected chi connectivity index (χ2v) is 5.01. The highest BCUT2D eigenvalue weighted by atomic mass is 16.5. The molecule has 0 N–H and O–H groups in total. The monoisotopic (exact) mass is 272 g/mol. The highest BCUT2D eigenvalue weighted by Gasteiger charge is 2.14. The zero-order chi connectivity index (χ0) is 14.4. The van der Waals surface area contributed by atoms with Crippen LogP contribution in [0.1, 0.15) is 5.56 Å². The molecule has 0 unspecified atom stereocenters. The molecule has 0 saturated heterocycles. The largest absolute Gasteiger partial charge is 0.497 e. The molecule has 1 aromatic carbocycles. The van der Waals surface area contributed by atoms with Crippen molar-refractivity contribution >= 4 is 16.6 Å². The van der Waals surface area contributed by atoms with Crippen LogP contribution in [-0.4, -0.2) is 11.5 Å². The maximum atomic E-state index is 9.29. The van der Waals surface area contributed by atoms with Gasteiger partial charge in [-0.1, -0.05) is 18.2 Å². The Labute approximate surface area is 122 Å². The number of aromatic nitrogens is 1. The minimum Gasteiger partial charge on any atom is -0.497 e. The Morgan fingerprint density at radius 2 is 1.81 bits per heavy atom. The summed E-state index contributed by atoms with van der Waals surface area (Å²) in [6.07, 6.45) is 0. The molecule has 0 aliphatic heterocycles. The third-order valence-corrected chi connectivity index (χ3v) is 3.91. The summed E-state index contributed by atoms with van der Waals surface area (Å²) in [7, 11) is 1.66. The number of nitriles is 1. The SMILES string of the molecule is COc1ccc(-c2cc3cccc4c(C#N)cc2n34)cc1. The molecule has 4 rings (SSSR count). The predicted molar refractivity (Wildman–Crippen MR) is 82.8 cm³/mol. The molecule has 21 heavy (non-hydrogen) atoms. The summed E-state index contributed by atoms with van der Waals surface area (Å²) in [6, 6.07) is 20.4. The van der Waals surface area contributed by atoms with Crippen LogP contribution in [-0.2, 0) is 0 Å². The van der Waals surface area contributed by atoms with E-state index in [1.54, 1.807) is 7.11 Å². The van der Waals surface area contributed by atoms with Gasteiger partial charge in [0.1, 0.15) is 11.8 Å². The quantitative estimate of drug-likeness (QED) is 0.551. The van der Waals surface area contributed by atoms with E-state index >= 15 is 0 Å². The van der Waals surface area contributed by atoms with Gasteiger partial charge >= 0.3 is 0 Å². The van der Waals surface area contributed by atoms with Gasteiger partial charge in [-0.3, -0.25) is 0 Å². The first-order chi connectivity index (χ1) is 10.3. The number of methoxy groups -OCH3 is 1. The molecular weight excluding hydrogens is 260 g/mol. The smallest absolute Gasteiger partial charge is 0.118 e. The number of hydrogen-bond donors (Lipinski definition) is 0. The molecule has 0 atom stereocenters. The number of nitrogens with zero attached hydrogens (tertiary/aromatic N) is 2. The van der Waals surface area contributed by atoms with E-state index in [2.05, 4.69) is 22.6 Å². The van der Waals surface area contributed by atoms with Crippen molar-refractivity contribution in [2.45, 2.75) is 0 Å². The summed E-state index contributed by atoms with van der Waals surface area (Å²) in [5, 5.41) is 9.29. The molecule has 3 heterocycles. The average Bonchev–Trinajstić information content (AvgIpc) is 3.10. The Morgan fingerprint density at radius 1 is 1.00 bits per heavy atom. The highest BCUT2D eigenvalue weighted by Crippen LogP contribution is 2.34. The molecule has 100 valence electrons. The lowest BCUT2D eigenvalue weighted by Crippen LogP contribution is -1.82. The van der Waals surface area contributed by atoms with Crippen molar-refractivity contribution in [2.24, 2.45) is 0 Å². The van der Waals surface area contributed by atoms with Gasteiger partial charge in [0.2, 0.25) is 0 Å². The molecule has 0 fully saturated rings. The zero-order valence-electron chi connectivity index (χ0n) is 11.5. The summed E-state index contributed by atoms with van der Waals surface area (Å²) < 4.78 is 7.34. The molecule has 3 nitrogen and oxygen atoms in total. The Kier molecular flexibility index (Phi) is 2.39. The van der Waals surface area contributed by atoms with E-state index in [9.17, 15) is 5.26 Å². The fourth-order valence-electron chi connectivity index (χ4n) is 2.90. The molecule has 0 aliphatic carbocycles. The molecule has 0 aliphatic rings. The fraction of sp³-hybridized carbons (Fsp3) is 0.0556. The summed E-state index contributed by atoms with van der Waals surface area (Å²) in [5.74, 6) is 0.841. The van der Waals surface area contributed by atoms with Gasteiger partial charge < -0.3 is 9.14 Å². The van der Waals surface area contributed by atoms with E-state index in [0.29, 0.717) is 5.56 Å². The van der Waals surface area contributed by atoms with Crippen molar-refractivity contribution in [3.8, 4) is 22.9 Å². The highest BCUT2D eigenvalue weighted by molar-refractivity contribution is 5.93. The van der Waals surface area contributed by atoms with E-state index in [4.69, 9.17) is 4.74 Å². The van der Waals surface area contributed by atoms with Gasteiger partial charge in [0.05, 0.1) is 23.7 Å². The summed E-state index contributed by atoms with van der Waals surface area (Å²) in [5.41, 5.74) is 6.11. The van der Waals surface area contributed by atoms with Crippen molar-refractivity contribution in [3.05, 3.63) is 60.2 Å². The maximum Gasteiger partial charge on any atom is 0.118 e. The number of rotatable bonds is 2. The van der Waals surface area contributed by atoms with Crippen LogP contribution in [0.2, 0.25) is 0 Å². The first-order valence-electron chi connectivity index (χ1n) is 6.73. The Balaban J connectivity index is 2.02. The van der Waals surface area contributed by atoms with Gasteiger partial charge in [-0.25, -0.2) is 0 Å². The van der Waals surface area contributed by atoms with Crippen molar-refractivity contribution in [3.63, 3.8) is 0 Å². The number of ether oxygens (including phenoxy) is 1. The van der Waals surface area contributed by atoms with Gasteiger partial charge in [-0.15, -0.1) is 0 Å². The molecule has 0 amide bonds. The van der Waals surface area contributed by atoms with Crippen molar-refractivity contribution in [2.75, 3.05) is 7.11 Å². The van der Waals surface area contributed by atoms with E-state index in [-0.39, 0.29) is 0 Å². The molecule has 3 heteroatoms. The Bertz CT molecular complexity index is 974. The number of benzene rings is 1. The van der Waals surface area contributed by atoms with Crippen molar-refractivity contribution in [1.82, 2.24) is 4.40 Å². The molecule has 0 saturated carbocycles. The standard InChI is InChI=1S/C18H12N2O/c1-21-15-7-5-12(6-8-15)16-10-14-3-2-4-17-13(11-19)9-18(16)20(14)17/h2-10H,1H3. The molecule has 0 radical (unpaired) electrons. The lowest BCUT2D eigenvalue weighted by molar-refractivity contribution is 0.415. The van der Waals surface area contributed by atoms with Crippen LogP contribution in [0.4, 0.5) is 0 Å². The lowest BCUT2D eigenvalue weighted by atomic mass is 10.1. The van der Waals surface area contributed by atoms with Gasteiger partial charge in [-0.05, 0) is 42.0 Å². The molecule has 0 bridgehead atoms. The first-order valence-corrected chi connectivity index (χ1v) is 6.73. The van der Waals surface area contributed by atoms with Gasteiger partial charge in [0.25, 0.3) is 0 Å². The zero-order valence-corrected chi connectivity index (χ0v) is 11.5. The van der Waals surface area contributed by atoms with Crippen LogP contribution >= 0.6 is 0 Å². The van der Waals surface area contributed by atoms with E-state index in [0.717, 1.165) is 33.4 Å². The Morgan fingerprint density at radius 3 is 2.52 bits per heavy atom. The second kappa shape index (κ2) is 4.26.